The number of hydrogen-bond acceptors (Lipinski definition) is 5. The molecule has 0 spiro atoms. The van der Waals surface area contributed by atoms with Gasteiger partial charge in [0.25, 0.3) is 0 Å². The second-order valence-corrected chi connectivity index (χ2v) is 6.77. The number of rotatable bonds is 5. The van der Waals surface area contributed by atoms with Gasteiger partial charge in [0.05, 0.1) is 11.9 Å². The van der Waals surface area contributed by atoms with Crippen molar-refractivity contribution >= 4 is 17.2 Å². The van der Waals surface area contributed by atoms with Crippen LogP contribution in [0.3, 0.4) is 0 Å². The van der Waals surface area contributed by atoms with Crippen molar-refractivity contribution in [2.45, 2.75) is 26.4 Å². The molecule has 1 fully saturated rings. The highest BCUT2D eigenvalue weighted by Crippen LogP contribution is 2.25. The SMILES string of the molecule is CCN1CCC(Oc2ccc3ncc(-c4cccc(NC(C)=O)c4)n3n2)C1. The monoisotopic (exact) mass is 365 g/mol. The number of amides is 1. The third-order valence-corrected chi connectivity index (χ3v) is 4.78. The summed E-state index contributed by atoms with van der Waals surface area (Å²) in [6, 6.07) is 11.4. The third kappa shape index (κ3) is 3.78. The highest BCUT2D eigenvalue weighted by atomic mass is 16.5. The lowest BCUT2D eigenvalue weighted by atomic mass is 10.1. The van der Waals surface area contributed by atoms with E-state index in [1.807, 2.05) is 36.4 Å². The van der Waals surface area contributed by atoms with Gasteiger partial charge in [-0.3, -0.25) is 9.69 Å². The summed E-state index contributed by atoms with van der Waals surface area (Å²) in [6.07, 6.45) is 2.97. The van der Waals surface area contributed by atoms with E-state index in [0.717, 1.165) is 48.6 Å². The topological polar surface area (TPSA) is 71.8 Å². The number of carbonyl (C=O) groups is 1. The van der Waals surface area contributed by atoms with Gasteiger partial charge in [-0.2, -0.15) is 0 Å². The second kappa shape index (κ2) is 7.36. The van der Waals surface area contributed by atoms with Crippen molar-refractivity contribution in [3.05, 3.63) is 42.6 Å². The Labute approximate surface area is 158 Å². The van der Waals surface area contributed by atoms with Crippen LogP contribution in [-0.4, -0.2) is 51.1 Å². The maximum atomic E-state index is 11.3. The van der Waals surface area contributed by atoms with Crippen molar-refractivity contribution in [3.63, 3.8) is 0 Å². The predicted octanol–water partition coefficient (Wildman–Crippen LogP) is 2.83. The number of anilines is 1. The first-order chi connectivity index (χ1) is 13.1. The number of carbonyl (C=O) groups excluding carboxylic acids is 1. The highest BCUT2D eigenvalue weighted by Gasteiger charge is 2.23. The predicted molar refractivity (Wildman–Crippen MR) is 104 cm³/mol. The summed E-state index contributed by atoms with van der Waals surface area (Å²) in [7, 11) is 0. The Hall–Kier alpha value is -2.93. The fraction of sp³-hybridized carbons (Fsp3) is 0.350. The number of imidazole rings is 1. The number of hydrogen-bond donors (Lipinski definition) is 1. The van der Waals surface area contributed by atoms with Crippen LogP contribution in [-0.2, 0) is 4.79 Å². The molecule has 3 aromatic rings. The van der Waals surface area contributed by atoms with Crippen molar-refractivity contribution in [1.82, 2.24) is 19.5 Å². The van der Waals surface area contributed by atoms with Crippen LogP contribution in [0.25, 0.3) is 16.9 Å². The van der Waals surface area contributed by atoms with Crippen LogP contribution in [0, 0.1) is 0 Å². The van der Waals surface area contributed by atoms with Crippen molar-refractivity contribution in [2.75, 3.05) is 25.0 Å². The molecule has 3 heterocycles. The number of likely N-dealkylation sites (N-methyl/N-ethyl adjacent to an activating group) is 1. The van der Waals surface area contributed by atoms with Crippen molar-refractivity contribution < 1.29 is 9.53 Å². The van der Waals surface area contributed by atoms with E-state index >= 15 is 0 Å². The minimum absolute atomic E-state index is 0.100. The molecule has 1 atom stereocenters. The number of fused-ring (bicyclic) bond motifs is 1. The molecule has 1 saturated heterocycles. The summed E-state index contributed by atoms with van der Waals surface area (Å²) in [4.78, 5) is 18.1. The van der Waals surface area contributed by atoms with Crippen LogP contribution in [0.15, 0.2) is 42.6 Å². The Morgan fingerprint density at radius 3 is 3.00 bits per heavy atom. The second-order valence-electron chi connectivity index (χ2n) is 6.77. The summed E-state index contributed by atoms with van der Waals surface area (Å²) < 4.78 is 7.88. The minimum Gasteiger partial charge on any atom is -0.472 e. The molecule has 0 radical (unpaired) electrons. The van der Waals surface area contributed by atoms with Crippen LogP contribution >= 0.6 is 0 Å². The number of ether oxygens (including phenoxy) is 1. The van der Waals surface area contributed by atoms with Gasteiger partial charge in [0.2, 0.25) is 11.8 Å². The third-order valence-electron chi connectivity index (χ3n) is 4.78. The molecule has 1 amide bonds. The van der Waals surface area contributed by atoms with E-state index in [2.05, 4.69) is 27.2 Å². The van der Waals surface area contributed by atoms with Gasteiger partial charge in [0, 0.05) is 37.3 Å². The van der Waals surface area contributed by atoms with Gasteiger partial charge in [-0.05, 0) is 31.2 Å². The van der Waals surface area contributed by atoms with Crippen LogP contribution in [0.1, 0.15) is 20.3 Å². The number of benzene rings is 1. The summed E-state index contributed by atoms with van der Waals surface area (Å²) >= 11 is 0. The zero-order valence-corrected chi connectivity index (χ0v) is 15.6. The molecule has 27 heavy (non-hydrogen) atoms. The molecule has 2 aromatic heterocycles. The molecule has 140 valence electrons. The summed E-state index contributed by atoms with van der Waals surface area (Å²) in [5, 5.41) is 7.45. The van der Waals surface area contributed by atoms with Crippen LogP contribution < -0.4 is 10.1 Å². The van der Waals surface area contributed by atoms with Gasteiger partial charge >= 0.3 is 0 Å². The van der Waals surface area contributed by atoms with Gasteiger partial charge in [0.1, 0.15) is 6.10 Å². The van der Waals surface area contributed by atoms with Gasteiger partial charge in [0.15, 0.2) is 5.65 Å². The van der Waals surface area contributed by atoms with Crippen LogP contribution in [0.5, 0.6) is 5.88 Å². The number of likely N-dealkylation sites (tertiary alicyclic amines) is 1. The summed E-state index contributed by atoms with van der Waals surface area (Å²) in [6.45, 7) is 6.71. The molecule has 1 aliphatic heterocycles. The molecule has 4 rings (SSSR count). The normalized spacial score (nSPS) is 17.3. The molecule has 7 heteroatoms. The largest absolute Gasteiger partial charge is 0.472 e. The van der Waals surface area contributed by atoms with E-state index < -0.39 is 0 Å². The number of nitrogens with one attached hydrogen (secondary N) is 1. The molecule has 0 saturated carbocycles. The Kier molecular flexibility index (Phi) is 4.77. The number of aromatic nitrogens is 3. The minimum atomic E-state index is -0.100. The van der Waals surface area contributed by atoms with Gasteiger partial charge < -0.3 is 10.1 Å². The maximum absolute atomic E-state index is 11.3. The Balaban J connectivity index is 1.62. The molecule has 1 aromatic carbocycles. The standard InChI is InChI=1S/C20H23N5O2/c1-3-24-10-9-17(13-24)27-20-8-7-19-21-12-18(25(19)23-20)15-5-4-6-16(11-15)22-14(2)26/h4-8,11-12,17H,3,9-10,13H2,1-2H3,(H,22,26). The lowest BCUT2D eigenvalue weighted by molar-refractivity contribution is -0.114. The van der Waals surface area contributed by atoms with Crippen LogP contribution in [0.2, 0.25) is 0 Å². The molecule has 1 N–H and O–H groups in total. The van der Waals surface area contributed by atoms with Gasteiger partial charge in [-0.15, -0.1) is 5.10 Å². The van der Waals surface area contributed by atoms with E-state index in [-0.39, 0.29) is 12.0 Å². The molecular weight excluding hydrogens is 342 g/mol. The zero-order valence-electron chi connectivity index (χ0n) is 15.6. The van der Waals surface area contributed by atoms with Gasteiger partial charge in [-0.25, -0.2) is 9.50 Å². The Morgan fingerprint density at radius 1 is 1.33 bits per heavy atom. The average molecular weight is 365 g/mol. The molecule has 0 bridgehead atoms. The van der Waals surface area contributed by atoms with Crippen molar-refractivity contribution in [2.24, 2.45) is 0 Å². The zero-order chi connectivity index (χ0) is 18.8. The van der Waals surface area contributed by atoms with Crippen molar-refractivity contribution in [1.29, 1.82) is 0 Å². The quantitative estimate of drug-likeness (QED) is 0.753. The first-order valence-corrected chi connectivity index (χ1v) is 9.24. The smallest absolute Gasteiger partial charge is 0.232 e. The van der Waals surface area contributed by atoms with E-state index in [9.17, 15) is 4.79 Å². The van der Waals surface area contributed by atoms with E-state index in [1.165, 1.54) is 6.92 Å². The number of nitrogens with zero attached hydrogens (tertiary/aromatic N) is 4. The van der Waals surface area contributed by atoms with Crippen LogP contribution in [0.4, 0.5) is 5.69 Å². The lowest BCUT2D eigenvalue weighted by Gasteiger charge is -2.14. The maximum Gasteiger partial charge on any atom is 0.232 e. The average Bonchev–Trinajstić information content (AvgIpc) is 3.28. The van der Waals surface area contributed by atoms with E-state index in [0.29, 0.717) is 5.88 Å². The molecule has 7 nitrogen and oxygen atoms in total. The lowest BCUT2D eigenvalue weighted by Crippen LogP contribution is -2.24. The molecule has 1 unspecified atom stereocenters. The fourth-order valence-electron chi connectivity index (χ4n) is 3.43. The van der Waals surface area contributed by atoms with E-state index in [4.69, 9.17) is 4.74 Å². The molecule has 0 aliphatic carbocycles. The van der Waals surface area contributed by atoms with E-state index in [1.54, 1.807) is 10.7 Å². The van der Waals surface area contributed by atoms with Gasteiger partial charge in [-0.1, -0.05) is 19.1 Å². The molecular formula is C20H23N5O2. The highest BCUT2D eigenvalue weighted by molar-refractivity contribution is 5.89. The summed E-state index contributed by atoms with van der Waals surface area (Å²) in [5.41, 5.74) is 3.28. The summed E-state index contributed by atoms with van der Waals surface area (Å²) in [5.74, 6) is 0.500. The first-order valence-electron chi connectivity index (χ1n) is 9.24. The Morgan fingerprint density at radius 2 is 2.22 bits per heavy atom. The fourth-order valence-corrected chi connectivity index (χ4v) is 3.43. The van der Waals surface area contributed by atoms with Crippen molar-refractivity contribution in [3.8, 4) is 17.1 Å². The first kappa shape index (κ1) is 17.5. The Bertz CT molecular complexity index is 968. The molecule has 1 aliphatic rings.